The van der Waals surface area contributed by atoms with Crippen LogP contribution in [-0.2, 0) is 0 Å². The lowest BCUT2D eigenvalue weighted by Gasteiger charge is -2.31. The first-order valence-electron chi connectivity index (χ1n) is 10.5. The van der Waals surface area contributed by atoms with Gasteiger partial charge in [-0.1, -0.05) is 0 Å². The third kappa shape index (κ3) is 2.88. The first-order chi connectivity index (χ1) is 15.1. The van der Waals surface area contributed by atoms with Crippen LogP contribution in [0.2, 0.25) is 0 Å². The maximum Gasteiger partial charge on any atom is 0.231 e. The standard InChI is InChI=1S/C22H23FN8/c1-25-17-7-12(23)6-15-18-20(28-19(15)17)29-22(27-13-3-2-4-26-9-13)30-21(18)31-10-11-5-14(31)8-16(11)24/h2-4,6-7,9,11,14,16,25H,5,8,10,24H2,1H3,(H2,27,28,29,30)/t11?,14-,16-/m1/s1. The minimum atomic E-state index is -0.300. The molecule has 3 atom stereocenters. The molecule has 0 spiro atoms. The lowest BCUT2D eigenvalue weighted by atomic mass is 10.0. The Kier molecular flexibility index (Phi) is 4.01. The maximum atomic E-state index is 14.4. The van der Waals surface area contributed by atoms with Crippen molar-refractivity contribution in [2.45, 2.75) is 24.9 Å². The third-order valence-corrected chi connectivity index (χ3v) is 6.56. The Morgan fingerprint density at radius 2 is 2.16 bits per heavy atom. The van der Waals surface area contributed by atoms with Crippen LogP contribution in [0.4, 0.5) is 27.5 Å². The number of H-pyrrole nitrogens is 1. The summed E-state index contributed by atoms with van der Waals surface area (Å²) in [6, 6.07) is 7.38. The second-order valence-corrected chi connectivity index (χ2v) is 8.41. The zero-order valence-corrected chi connectivity index (χ0v) is 17.1. The molecule has 0 radical (unpaired) electrons. The van der Waals surface area contributed by atoms with E-state index < -0.39 is 0 Å². The van der Waals surface area contributed by atoms with Crippen LogP contribution in [0.25, 0.3) is 21.9 Å². The number of benzene rings is 1. The molecule has 2 fully saturated rings. The predicted octanol–water partition coefficient (Wildman–Crippen LogP) is 3.36. The molecule has 1 aliphatic heterocycles. The van der Waals surface area contributed by atoms with Gasteiger partial charge < -0.3 is 26.3 Å². The number of nitrogens with two attached hydrogens (primary N) is 1. The number of piperidine rings is 1. The molecule has 2 aliphatic rings. The number of nitrogens with one attached hydrogen (secondary N) is 3. The normalized spacial score (nSPS) is 22.5. The molecule has 3 aromatic heterocycles. The number of aromatic nitrogens is 4. The van der Waals surface area contributed by atoms with E-state index >= 15 is 0 Å². The Bertz CT molecular complexity index is 1290. The van der Waals surface area contributed by atoms with E-state index in [-0.39, 0.29) is 11.9 Å². The Morgan fingerprint density at radius 1 is 1.26 bits per heavy atom. The number of aromatic amines is 1. The lowest BCUT2D eigenvalue weighted by Crippen LogP contribution is -2.41. The van der Waals surface area contributed by atoms with Gasteiger partial charge in [0.25, 0.3) is 0 Å². The van der Waals surface area contributed by atoms with Crippen molar-refractivity contribution in [1.82, 2.24) is 19.9 Å². The van der Waals surface area contributed by atoms with Crippen LogP contribution in [0.15, 0.2) is 36.7 Å². The summed E-state index contributed by atoms with van der Waals surface area (Å²) in [4.78, 5) is 19.5. The topological polar surface area (TPSA) is 108 Å². The largest absolute Gasteiger partial charge is 0.386 e. The minimum Gasteiger partial charge on any atom is -0.386 e. The summed E-state index contributed by atoms with van der Waals surface area (Å²) in [6.07, 6.45) is 5.46. The van der Waals surface area contributed by atoms with Crippen LogP contribution in [0, 0.1) is 11.7 Å². The monoisotopic (exact) mass is 418 g/mol. The van der Waals surface area contributed by atoms with E-state index in [4.69, 9.17) is 15.7 Å². The van der Waals surface area contributed by atoms with Gasteiger partial charge in [-0.05, 0) is 43.0 Å². The highest BCUT2D eigenvalue weighted by atomic mass is 19.1. The molecule has 4 heterocycles. The third-order valence-electron chi connectivity index (χ3n) is 6.56. The fourth-order valence-corrected chi connectivity index (χ4v) is 5.12. The first-order valence-corrected chi connectivity index (χ1v) is 10.5. The van der Waals surface area contributed by atoms with Gasteiger partial charge in [0.2, 0.25) is 5.95 Å². The van der Waals surface area contributed by atoms with E-state index in [2.05, 4.69) is 25.5 Å². The second kappa shape index (κ2) is 6.78. The second-order valence-electron chi connectivity index (χ2n) is 8.41. The number of hydrogen-bond donors (Lipinski definition) is 4. The van der Waals surface area contributed by atoms with Gasteiger partial charge in [0, 0.05) is 37.3 Å². The summed E-state index contributed by atoms with van der Waals surface area (Å²) in [5.74, 6) is 1.45. The summed E-state index contributed by atoms with van der Waals surface area (Å²) >= 11 is 0. The van der Waals surface area contributed by atoms with Crippen molar-refractivity contribution in [3.63, 3.8) is 0 Å². The Hall–Kier alpha value is -3.46. The summed E-state index contributed by atoms with van der Waals surface area (Å²) in [7, 11) is 1.78. The van der Waals surface area contributed by atoms with Crippen LogP contribution in [0.1, 0.15) is 12.8 Å². The number of nitrogens with zero attached hydrogens (tertiary/aromatic N) is 4. The highest BCUT2D eigenvalue weighted by molar-refractivity contribution is 6.15. The van der Waals surface area contributed by atoms with Gasteiger partial charge in [0.15, 0.2) is 0 Å². The lowest BCUT2D eigenvalue weighted by molar-refractivity contribution is 0.471. The van der Waals surface area contributed by atoms with Crippen molar-refractivity contribution in [2.24, 2.45) is 11.7 Å². The molecule has 4 aromatic rings. The SMILES string of the molecule is CNc1cc(F)cc2c1[nH]c1nc(Nc3cccnc3)nc(N3CC4C[C@@H]3C[C@H]4N)c12. The zero-order valence-electron chi connectivity index (χ0n) is 17.1. The van der Waals surface area contributed by atoms with E-state index in [0.29, 0.717) is 29.2 Å². The molecule has 5 N–H and O–H groups in total. The smallest absolute Gasteiger partial charge is 0.231 e. The molecule has 1 aromatic carbocycles. The van der Waals surface area contributed by atoms with Gasteiger partial charge in [-0.15, -0.1) is 0 Å². The molecule has 1 saturated carbocycles. The highest BCUT2D eigenvalue weighted by Crippen LogP contribution is 2.43. The van der Waals surface area contributed by atoms with E-state index in [0.717, 1.165) is 47.2 Å². The van der Waals surface area contributed by atoms with Crippen molar-refractivity contribution in [3.8, 4) is 0 Å². The molecule has 1 unspecified atom stereocenters. The quantitative estimate of drug-likeness (QED) is 0.402. The van der Waals surface area contributed by atoms with Crippen LogP contribution < -0.4 is 21.3 Å². The fraction of sp³-hybridized carbons (Fsp3) is 0.318. The number of rotatable bonds is 4. The van der Waals surface area contributed by atoms with E-state index in [9.17, 15) is 4.39 Å². The van der Waals surface area contributed by atoms with E-state index in [1.165, 1.54) is 6.07 Å². The average Bonchev–Trinajstić information content (AvgIpc) is 3.45. The number of pyridine rings is 1. The summed E-state index contributed by atoms with van der Waals surface area (Å²) in [5.41, 5.74) is 9.26. The Morgan fingerprint density at radius 3 is 2.87 bits per heavy atom. The van der Waals surface area contributed by atoms with Crippen LogP contribution in [-0.4, -0.2) is 45.6 Å². The fourth-order valence-electron chi connectivity index (χ4n) is 5.12. The zero-order chi connectivity index (χ0) is 21.1. The summed E-state index contributed by atoms with van der Waals surface area (Å²) in [5, 5.41) is 7.94. The summed E-state index contributed by atoms with van der Waals surface area (Å²) < 4.78 is 14.4. The number of fused-ring (bicyclic) bond motifs is 5. The Balaban J connectivity index is 1.57. The molecule has 2 bridgehead atoms. The predicted molar refractivity (Wildman–Crippen MR) is 120 cm³/mol. The molecule has 1 aliphatic carbocycles. The van der Waals surface area contributed by atoms with Crippen molar-refractivity contribution in [3.05, 3.63) is 42.5 Å². The average molecular weight is 418 g/mol. The van der Waals surface area contributed by atoms with Crippen LogP contribution >= 0.6 is 0 Å². The van der Waals surface area contributed by atoms with Crippen molar-refractivity contribution >= 4 is 45.1 Å². The van der Waals surface area contributed by atoms with Gasteiger partial charge in [-0.3, -0.25) is 4.98 Å². The molecule has 31 heavy (non-hydrogen) atoms. The molecule has 6 rings (SSSR count). The number of halogens is 1. The molecular weight excluding hydrogens is 395 g/mol. The maximum absolute atomic E-state index is 14.4. The molecule has 1 saturated heterocycles. The van der Waals surface area contributed by atoms with Crippen molar-refractivity contribution < 1.29 is 4.39 Å². The van der Waals surface area contributed by atoms with Crippen LogP contribution in [0.5, 0.6) is 0 Å². The van der Waals surface area contributed by atoms with Gasteiger partial charge in [0.1, 0.15) is 17.3 Å². The van der Waals surface area contributed by atoms with Crippen molar-refractivity contribution in [1.29, 1.82) is 0 Å². The first kappa shape index (κ1) is 18.3. The van der Waals surface area contributed by atoms with E-state index in [1.54, 1.807) is 25.5 Å². The van der Waals surface area contributed by atoms with E-state index in [1.807, 2.05) is 12.1 Å². The molecule has 158 valence electrons. The van der Waals surface area contributed by atoms with Gasteiger partial charge in [-0.2, -0.15) is 9.97 Å². The molecule has 9 heteroatoms. The molecule has 0 amide bonds. The summed E-state index contributed by atoms with van der Waals surface area (Å²) in [6.45, 7) is 0.852. The Labute approximate surface area is 178 Å². The minimum absolute atomic E-state index is 0.239. The van der Waals surface area contributed by atoms with Gasteiger partial charge in [-0.25, -0.2) is 4.39 Å². The van der Waals surface area contributed by atoms with Crippen LogP contribution in [0.3, 0.4) is 0 Å². The highest BCUT2D eigenvalue weighted by Gasteiger charge is 2.44. The number of anilines is 4. The van der Waals surface area contributed by atoms with Crippen molar-refractivity contribution in [2.75, 3.05) is 29.1 Å². The molecule has 8 nitrogen and oxygen atoms in total. The van der Waals surface area contributed by atoms with Gasteiger partial charge >= 0.3 is 0 Å². The van der Waals surface area contributed by atoms with Gasteiger partial charge in [0.05, 0.1) is 28.5 Å². The number of hydrogen-bond acceptors (Lipinski definition) is 7. The molecular formula is C22H23FN8.